The van der Waals surface area contributed by atoms with Crippen LogP contribution in [0.2, 0.25) is 0 Å². The van der Waals surface area contributed by atoms with Crippen LogP contribution in [0.3, 0.4) is 0 Å². The summed E-state index contributed by atoms with van der Waals surface area (Å²) in [4.78, 5) is 13.0. The van der Waals surface area contributed by atoms with E-state index in [0.717, 1.165) is 0 Å². The molecule has 0 saturated carbocycles. The number of rotatable bonds is 12. The third-order valence-electron chi connectivity index (χ3n) is 7.14. The van der Waals surface area contributed by atoms with E-state index in [1.807, 2.05) is 19.9 Å². The van der Waals surface area contributed by atoms with Crippen molar-refractivity contribution >= 4 is 5.91 Å². The van der Waals surface area contributed by atoms with Crippen molar-refractivity contribution in [2.24, 2.45) is 29.2 Å². The molecule has 2 saturated heterocycles. The average molecular weight is 548 g/mol. The SMILES string of the molecule is CC(C)/C=C/[C@@H](CC1O[C@](O)(C[C@@H](O)C(C)C)C[C@H](O)[C@H]1C(=O)NCCN)OC1OC(C)C(O)C(N)C1O. The molecular weight excluding hydrogens is 498 g/mol. The second kappa shape index (κ2) is 14.4. The number of carbonyl (C=O) groups is 1. The molecule has 222 valence electrons. The van der Waals surface area contributed by atoms with Crippen molar-refractivity contribution in [1.29, 1.82) is 0 Å². The van der Waals surface area contributed by atoms with Crippen LogP contribution in [-0.4, -0.2) is 105 Å². The first-order valence-corrected chi connectivity index (χ1v) is 13.5. The van der Waals surface area contributed by atoms with Gasteiger partial charge < -0.3 is 56.5 Å². The Labute approximate surface area is 225 Å². The molecule has 6 unspecified atom stereocenters. The van der Waals surface area contributed by atoms with Crippen LogP contribution in [0, 0.1) is 17.8 Å². The van der Waals surface area contributed by atoms with Crippen LogP contribution < -0.4 is 16.8 Å². The molecule has 0 bridgehead atoms. The number of ether oxygens (including phenoxy) is 3. The van der Waals surface area contributed by atoms with Gasteiger partial charge in [0.2, 0.25) is 5.91 Å². The highest BCUT2D eigenvalue weighted by Gasteiger charge is 2.50. The molecular formula is C26H49N3O9. The van der Waals surface area contributed by atoms with Gasteiger partial charge in [-0.15, -0.1) is 0 Å². The molecule has 1 amide bonds. The van der Waals surface area contributed by atoms with E-state index in [9.17, 15) is 30.3 Å². The molecule has 2 aliphatic rings. The Morgan fingerprint density at radius 3 is 2.42 bits per heavy atom. The van der Waals surface area contributed by atoms with Crippen molar-refractivity contribution in [3.05, 3.63) is 12.2 Å². The maximum absolute atomic E-state index is 13.0. The Hall–Kier alpha value is -1.19. The lowest BCUT2D eigenvalue weighted by molar-refractivity contribution is -0.307. The molecule has 0 aromatic heterocycles. The number of allylic oxidation sites excluding steroid dienone is 1. The molecule has 0 aromatic rings. The van der Waals surface area contributed by atoms with Gasteiger partial charge in [-0.3, -0.25) is 4.79 Å². The van der Waals surface area contributed by atoms with Gasteiger partial charge in [0.05, 0.1) is 48.6 Å². The zero-order chi connectivity index (χ0) is 28.8. The Bertz CT molecular complexity index is 770. The zero-order valence-corrected chi connectivity index (χ0v) is 23.1. The minimum absolute atomic E-state index is 0.000171. The number of nitrogens with two attached hydrogens (primary N) is 2. The van der Waals surface area contributed by atoms with E-state index in [2.05, 4.69) is 5.32 Å². The lowest BCUT2D eigenvalue weighted by Crippen LogP contribution is -2.62. The molecule has 0 spiro atoms. The highest BCUT2D eigenvalue weighted by Crippen LogP contribution is 2.38. The van der Waals surface area contributed by atoms with E-state index in [-0.39, 0.29) is 44.2 Å². The number of aliphatic hydroxyl groups excluding tert-OH is 4. The van der Waals surface area contributed by atoms with E-state index >= 15 is 0 Å². The number of carbonyl (C=O) groups excluding carboxylic acids is 1. The van der Waals surface area contributed by atoms with Gasteiger partial charge in [-0.2, -0.15) is 0 Å². The van der Waals surface area contributed by atoms with Crippen LogP contribution in [0.25, 0.3) is 0 Å². The number of amides is 1. The second-order valence-electron chi connectivity index (χ2n) is 11.3. The van der Waals surface area contributed by atoms with Crippen LogP contribution in [0.4, 0.5) is 0 Å². The third kappa shape index (κ3) is 8.91. The van der Waals surface area contributed by atoms with Gasteiger partial charge in [-0.05, 0) is 18.8 Å². The molecule has 2 heterocycles. The maximum Gasteiger partial charge on any atom is 0.228 e. The van der Waals surface area contributed by atoms with Crippen LogP contribution in [0.15, 0.2) is 12.2 Å². The monoisotopic (exact) mass is 547 g/mol. The standard InChI is InChI=1S/C26H49N3O9/c1-13(2)6-7-16(37-25-23(33)21(28)22(32)15(5)36-25)10-19-20(24(34)29-9-8-27)18(31)12-26(35,38-19)11-17(30)14(3)4/h6-7,13-23,25,30-33,35H,8-12,27-28H2,1-5H3,(H,29,34)/b7-6+/t15?,16-,17+,18-,19?,20+,21?,22?,23?,25?,26+/m0/s1. The Balaban J connectivity index is 2.35. The first-order valence-electron chi connectivity index (χ1n) is 13.5. The predicted molar refractivity (Wildman–Crippen MR) is 139 cm³/mol. The Morgan fingerprint density at radius 2 is 1.84 bits per heavy atom. The highest BCUT2D eigenvalue weighted by molar-refractivity contribution is 5.80. The van der Waals surface area contributed by atoms with Gasteiger partial charge in [0.1, 0.15) is 6.10 Å². The number of hydrogen-bond donors (Lipinski definition) is 8. The van der Waals surface area contributed by atoms with Crippen molar-refractivity contribution in [3.8, 4) is 0 Å². The molecule has 2 rings (SSSR count). The summed E-state index contributed by atoms with van der Waals surface area (Å²) in [6.07, 6.45) is -5.07. The molecule has 2 aliphatic heterocycles. The molecule has 10 N–H and O–H groups in total. The van der Waals surface area contributed by atoms with Gasteiger partial charge in [-0.25, -0.2) is 0 Å². The van der Waals surface area contributed by atoms with Gasteiger partial charge in [0.15, 0.2) is 12.1 Å². The summed E-state index contributed by atoms with van der Waals surface area (Å²) in [6.45, 7) is 9.53. The minimum atomic E-state index is -1.88. The summed E-state index contributed by atoms with van der Waals surface area (Å²) >= 11 is 0. The molecule has 0 radical (unpaired) electrons. The summed E-state index contributed by atoms with van der Waals surface area (Å²) in [5.41, 5.74) is 11.5. The van der Waals surface area contributed by atoms with Crippen molar-refractivity contribution < 1.29 is 44.5 Å². The first kappa shape index (κ1) is 33.0. The van der Waals surface area contributed by atoms with Gasteiger partial charge >= 0.3 is 0 Å². The van der Waals surface area contributed by atoms with E-state index in [1.54, 1.807) is 26.8 Å². The quantitative estimate of drug-likeness (QED) is 0.135. The van der Waals surface area contributed by atoms with Crippen LogP contribution in [0.1, 0.15) is 53.9 Å². The Morgan fingerprint density at radius 1 is 1.18 bits per heavy atom. The van der Waals surface area contributed by atoms with E-state index < -0.39 is 72.7 Å². The Kier molecular flexibility index (Phi) is 12.6. The summed E-state index contributed by atoms with van der Waals surface area (Å²) in [5.74, 6) is -3.45. The average Bonchev–Trinajstić information content (AvgIpc) is 2.82. The molecule has 12 heteroatoms. The van der Waals surface area contributed by atoms with Crippen LogP contribution in [-0.2, 0) is 19.0 Å². The van der Waals surface area contributed by atoms with E-state index in [1.165, 1.54) is 0 Å². The largest absolute Gasteiger partial charge is 0.393 e. The number of aliphatic hydroxyl groups is 5. The van der Waals surface area contributed by atoms with Crippen LogP contribution >= 0.6 is 0 Å². The van der Waals surface area contributed by atoms with Crippen molar-refractivity contribution in [2.75, 3.05) is 13.1 Å². The van der Waals surface area contributed by atoms with Gasteiger partial charge in [0.25, 0.3) is 0 Å². The normalized spacial score (nSPS) is 38.1. The lowest BCUT2D eigenvalue weighted by Gasteiger charge is -2.46. The van der Waals surface area contributed by atoms with Gasteiger partial charge in [0, 0.05) is 32.4 Å². The molecule has 12 nitrogen and oxygen atoms in total. The second-order valence-corrected chi connectivity index (χ2v) is 11.3. The molecule has 11 atom stereocenters. The number of hydrogen-bond acceptors (Lipinski definition) is 11. The summed E-state index contributed by atoms with van der Waals surface area (Å²) < 4.78 is 17.8. The maximum atomic E-state index is 13.0. The van der Waals surface area contributed by atoms with Crippen molar-refractivity contribution in [3.63, 3.8) is 0 Å². The van der Waals surface area contributed by atoms with Gasteiger partial charge in [-0.1, -0.05) is 39.8 Å². The molecule has 0 aromatic carbocycles. The summed E-state index contributed by atoms with van der Waals surface area (Å²) in [6, 6.07) is -0.997. The smallest absolute Gasteiger partial charge is 0.228 e. The molecule has 0 aliphatic carbocycles. The fourth-order valence-electron chi connectivity index (χ4n) is 4.76. The summed E-state index contributed by atoms with van der Waals surface area (Å²) in [7, 11) is 0. The fourth-order valence-corrected chi connectivity index (χ4v) is 4.76. The fraction of sp³-hybridized carbons (Fsp3) is 0.885. The first-order chi connectivity index (χ1) is 17.7. The van der Waals surface area contributed by atoms with E-state index in [4.69, 9.17) is 25.7 Å². The number of nitrogens with one attached hydrogen (secondary N) is 1. The molecule has 38 heavy (non-hydrogen) atoms. The van der Waals surface area contributed by atoms with Crippen molar-refractivity contribution in [1.82, 2.24) is 5.32 Å². The minimum Gasteiger partial charge on any atom is -0.393 e. The summed E-state index contributed by atoms with van der Waals surface area (Å²) in [5, 5.41) is 56.1. The van der Waals surface area contributed by atoms with Crippen LogP contribution in [0.5, 0.6) is 0 Å². The molecule has 2 fully saturated rings. The zero-order valence-electron chi connectivity index (χ0n) is 23.1. The highest BCUT2D eigenvalue weighted by atomic mass is 16.7. The third-order valence-corrected chi connectivity index (χ3v) is 7.14. The van der Waals surface area contributed by atoms with Crippen molar-refractivity contribution in [2.45, 2.75) is 115 Å². The topological polar surface area (TPSA) is 210 Å². The lowest BCUT2D eigenvalue weighted by atomic mass is 9.81. The predicted octanol–water partition coefficient (Wildman–Crippen LogP) is -1.30. The van der Waals surface area contributed by atoms with E-state index in [0.29, 0.717) is 0 Å².